The first-order valence-electron chi connectivity index (χ1n) is 6.49. The van der Waals surface area contributed by atoms with Gasteiger partial charge in [-0.25, -0.2) is 8.42 Å². The van der Waals surface area contributed by atoms with Crippen molar-refractivity contribution in [3.63, 3.8) is 0 Å². The quantitative estimate of drug-likeness (QED) is 0.639. The smallest absolute Gasteiger partial charge is 0.423 e. The summed E-state index contributed by atoms with van der Waals surface area (Å²) in [5, 5.41) is 28.2. The Labute approximate surface area is 126 Å². The summed E-state index contributed by atoms with van der Waals surface area (Å²) < 4.78 is 26.3. The van der Waals surface area contributed by atoms with Gasteiger partial charge < -0.3 is 15.2 Å². The molecule has 0 aliphatic carbocycles. The molecule has 1 aromatic carbocycles. The summed E-state index contributed by atoms with van der Waals surface area (Å²) in [6, 6.07) is 5.28. The van der Waals surface area contributed by atoms with Crippen LogP contribution in [0.25, 0.3) is 0 Å². The highest BCUT2D eigenvalue weighted by molar-refractivity contribution is 7.89. The van der Waals surface area contributed by atoms with E-state index in [0.29, 0.717) is 0 Å². The van der Waals surface area contributed by atoms with Gasteiger partial charge in [-0.05, 0) is 45.3 Å². The van der Waals surface area contributed by atoms with E-state index in [0.717, 1.165) is 4.31 Å². The average Bonchev–Trinajstić information content (AvgIpc) is 2.36. The molecule has 0 saturated heterocycles. The van der Waals surface area contributed by atoms with Crippen molar-refractivity contribution in [2.24, 2.45) is 0 Å². The first-order valence-corrected chi connectivity index (χ1v) is 7.93. The molecule has 118 valence electrons. The van der Waals surface area contributed by atoms with Crippen LogP contribution in [0.1, 0.15) is 27.7 Å². The molecule has 0 unspecified atom stereocenters. The van der Waals surface area contributed by atoms with Crippen molar-refractivity contribution in [2.45, 2.75) is 43.7 Å². The lowest BCUT2D eigenvalue weighted by Gasteiger charge is -2.43. The number of sulfonamides is 1. The van der Waals surface area contributed by atoms with Gasteiger partial charge in [-0.3, -0.25) is 0 Å². The Hall–Kier alpha value is -0.925. The molecule has 0 amide bonds. The van der Waals surface area contributed by atoms with Gasteiger partial charge in [0.25, 0.3) is 0 Å². The van der Waals surface area contributed by atoms with E-state index in [2.05, 4.69) is 0 Å². The van der Waals surface area contributed by atoms with Gasteiger partial charge in [0.15, 0.2) is 0 Å². The van der Waals surface area contributed by atoms with Crippen molar-refractivity contribution in [1.29, 1.82) is 0 Å². The number of rotatable bonds is 5. The minimum absolute atomic E-state index is 0.0201. The van der Waals surface area contributed by atoms with E-state index in [1.807, 2.05) is 0 Å². The first kappa shape index (κ1) is 18.1. The molecular formula is C13H22BNO5S. The molecule has 0 saturated carbocycles. The second kappa shape index (κ2) is 5.70. The maximum atomic E-state index is 12.6. The zero-order chi connectivity index (χ0) is 16.6. The third kappa shape index (κ3) is 3.46. The third-order valence-electron chi connectivity index (χ3n) is 4.12. The minimum Gasteiger partial charge on any atom is -0.423 e. The van der Waals surface area contributed by atoms with Crippen molar-refractivity contribution >= 4 is 22.6 Å². The van der Waals surface area contributed by atoms with Crippen LogP contribution in [0.5, 0.6) is 0 Å². The first-order chi connectivity index (χ1) is 9.31. The fourth-order valence-electron chi connectivity index (χ4n) is 1.66. The number of aliphatic hydroxyl groups is 1. The molecule has 0 spiro atoms. The molecule has 0 atom stereocenters. The van der Waals surface area contributed by atoms with Crippen molar-refractivity contribution in [2.75, 3.05) is 7.05 Å². The maximum Gasteiger partial charge on any atom is 0.488 e. The molecule has 21 heavy (non-hydrogen) atoms. The molecule has 0 fully saturated rings. The number of hydrogen-bond acceptors (Lipinski definition) is 5. The predicted molar refractivity (Wildman–Crippen MR) is 81.6 cm³/mol. The van der Waals surface area contributed by atoms with Gasteiger partial charge >= 0.3 is 7.12 Å². The van der Waals surface area contributed by atoms with E-state index in [-0.39, 0.29) is 10.4 Å². The van der Waals surface area contributed by atoms with E-state index in [9.17, 15) is 13.5 Å². The van der Waals surface area contributed by atoms with Crippen molar-refractivity contribution < 1.29 is 23.6 Å². The molecule has 0 aliphatic rings. The molecule has 1 rings (SSSR count). The van der Waals surface area contributed by atoms with Gasteiger partial charge in [0.2, 0.25) is 10.0 Å². The highest BCUT2D eigenvalue weighted by atomic mass is 32.2. The summed E-state index contributed by atoms with van der Waals surface area (Å²) in [7, 11) is -4.05. The van der Waals surface area contributed by atoms with Crippen LogP contribution in [0, 0.1) is 0 Å². The maximum absolute atomic E-state index is 12.6. The largest absolute Gasteiger partial charge is 0.488 e. The molecule has 0 aliphatic heterocycles. The molecule has 0 heterocycles. The van der Waals surface area contributed by atoms with Crippen LogP contribution in [0.3, 0.4) is 0 Å². The molecule has 3 N–H and O–H groups in total. The van der Waals surface area contributed by atoms with Gasteiger partial charge in [-0.1, -0.05) is 12.1 Å². The SMILES string of the molecule is CN(C(C)(C)C(C)(C)O)S(=O)(=O)c1ccc(B(O)O)cc1. The standard InChI is InChI=1S/C13H22BNO5S/c1-12(2,13(3,4)16)15(5)21(19,20)11-8-6-10(7-9-11)14(17)18/h6-9,16-18H,1-5H3. The fraction of sp³-hybridized carbons (Fsp3) is 0.538. The van der Waals surface area contributed by atoms with Crippen LogP contribution in [-0.2, 0) is 10.0 Å². The van der Waals surface area contributed by atoms with Crippen LogP contribution >= 0.6 is 0 Å². The molecular weight excluding hydrogens is 293 g/mol. The summed E-state index contributed by atoms with van der Waals surface area (Å²) in [4.78, 5) is 0.0201. The summed E-state index contributed by atoms with van der Waals surface area (Å²) in [6.45, 7) is 6.36. The van der Waals surface area contributed by atoms with Crippen LogP contribution in [0.15, 0.2) is 29.2 Å². The third-order valence-corrected chi connectivity index (χ3v) is 6.17. The Morgan fingerprint density at radius 2 is 1.48 bits per heavy atom. The molecule has 6 nitrogen and oxygen atoms in total. The van der Waals surface area contributed by atoms with E-state index in [1.165, 1.54) is 31.3 Å². The van der Waals surface area contributed by atoms with Gasteiger partial charge in [0.05, 0.1) is 16.0 Å². The molecule has 8 heteroatoms. The molecule has 0 radical (unpaired) electrons. The Morgan fingerprint density at radius 1 is 1.05 bits per heavy atom. The summed E-state index contributed by atoms with van der Waals surface area (Å²) in [5.74, 6) is 0. The highest BCUT2D eigenvalue weighted by Gasteiger charge is 2.44. The van der Waals surface area contributed by atoms with Gasteiger partial charge in [0, 0.05) is 7.05 Å². The number of benzene rings is 1. The lowest BCUT2D eigenvalue weighted by atomic mass is 9.81. The Balaban J connectivity index is 3.22. The number of nitrogens with zero attached hydrogens (tertiary/aromatic N) is 1. The molecule has 1 aromatic rings. The van der Waals surface area contributed by atoms with Crippen LogP contribution in [0.4, 0.5) is 0 Å². The van der Waals surface area contributed by atoms with Crippen LogP contribution < -0.4 is 5.46 Å². The number of hydrogen-bond donors (Lipinski definition) is 3. The van der Waals surface area contributed by atoms with Gasteiger partial charge in [-0.2, -0.15) is 4.31 Å². The Morgan fingerprint density at radius 3 is 1.81 bits per heavy atom. The highest BCUT2D eigenvalue weighted by Crippen LogP contribution is 2.31. The van der Waals surface area contributed by atoms with E-state index < -0.39 is 28.3 Å². The summed E-state index contributed by atoms with van der Waals surface area (Å²) >= 11 is 0. The average molecular weight is 315 g/mol. The Bertz CT molecular complexity index is 590. The molecule has 0 bridgehead atoms. The minimum atomic E-state index is -3.81. The van der Waals surface area contributed by atoms with E-state index in [1.54, 1.807) is 27.7 Å². The van der Waals surface area contributed by atoms with Crippen molar-refractivity contribution in [1.82, 2.24) is 4.31 Å². The fourth-order valence-corrected chi connectivity index (χ4v) is 3.28. The summed E-state index contributed by atoms with van der Waals surface area (Å²) in [5.41, 5.74) is -2.06. The molecule has 0 aromatic heterocycles. The van der Waals surface area contributed by atoms with Gasteiger partial charge in [-0.15, -0.1) is 0 Å². The predicted octanol–water partition coefficient (Wildman–Crippen LogP) is -0.464. The van der Waals surface area contributed by atoms with Crippen LogP contribution in [-0.4, -0.2) is 53.2 Å². The lowest BCUT2D eigenvalue weighted by Crippen LogP contribution is -2.58. The zero-order valence-corrected chi connectivity index (χ0v) is 13.7. The number of likely N-dealkylation sites (N-methyl/N-ethyl adjacent to an activating group) is 1. The van der Waals surface area contributed by atoms with Crippen molar-refractivity contribution in [3.05, 3.63) is 24.3 Å². The zero-order valence-electron chi connectivity index (χ0n) is 12.9. The van der Waals surface area contributed by atoms with Crippen molar-refractivity contribution in [3.8, 4) is 0 Å². The summed E-state index contributed by atoms with van der Waals surface area (Å²) in [6.07, 6.45) is 0. The second-order valence-electron chi connectivity index (χ2n) is 6.03. The van der Waals surface area contributed by atoms with E-state index >= 15 is 0 Å². The van der Waals surface area contributed by atoms with Gasteiger partial charge in [0.1, 0.15) is 0 Å². The topological polar surface area (TPSA) is 98.1 Å². The second-order valence-corrected chi connectivity index (χ2v) is 8.00. The normalized spacial score (nSPS) is 13.6. The van der Waals surface area contributed by atoms with E-state index in [4.69, 9.17) is 10.0 Å². The van der Waals surface area contributed by atoms with Crippen LogP contribution in [0.2, 0.25) is 0 Å². The lowest BCUT2D eigenvalue weighted by molar-refractivity contribution is -0.0334. The monoisotopic (exact) mass is 315 g/mol. The Kier molecular flexibility index (Phi) is 4.92.